The lowest BCUT2D eigenvalue weighted by atomic mass is 10.1. The molecule has 2 aromatic rings. The van der Waals surface area contributed by atoms with Crippen molar-refractivity contribution in [3.63, 3.8) is 0 Å². The first-order valence-corrected chi connectivity index (χ1v) is 8.82. The molecule has 2 heterocycles. The highest BCUT2D eigenvalue weighted by Gasteiger charge is 2.19. The number of likely N-dealkylation sites (tertiary alicyclic amines) is 1. The fourth-order valence-corrected chi connectivity index (χ4v) is 3.59. The molecule has 1 aromatic carbocycles. The van der Waals surface area contributed by atoms with Crippen molar-refractivity contribution >= 4 is 16.5 Å². The molecule has 0 aliphatic carbocycles. The van der Waals surface area contributed by atoms with Crippen molar-refractivity contribution in [1.29, 1.82) is 0 Å². The normalized spacial score (nSPS) is 16.6. The Bertz CT molecular complexity index is 609. The Kier molecular flexibility index (Phi) is 5.59. The number of hydrogen-bond acceptors (Lipinski definition) is 5. The van der Waals surface area contributed by atoms with Gasteiger partial charge < -0.3 is 15.0 Å². The molecule has 0 bridgehead atoms. The number of halogens is 1. The van der Waals surface area contributed by atoms with E-state index >= 15 is 0 Å². The summed E-state index contributed by atoms with van der Waals surface area (Å²) in [4.78, 5) is 7.06. The van der Waals surface area contributed by atoms with Gasteiger partial charge in [-0.3, -0.25) is 0 Å². The summed E-state index contributed by atoms with van der Waals surface area (Å²) in [6.07, 6.45) is 2.24. The van der Waals surface area contributed by atoms with Gasteiger partial charge in [-0.15, -0.1) is 11.3 Å². The molecule has 4 nitrogen and oxygen atoms in total. The Balaban J connectivity index is 1.53. The fourth-order valence-electron chi connectivity index (χ4n) is 2.79. The maximum atomic E-state index is 13.0. The van der Waals surface area contributed by atoms with Gasteiger partial charge >= 0.3 is 0 Å². The first-order chi connectivity index (χ1) is 11.2. The average Bonchev–Trinajstić information content (AvgIpc) is 3.03. The smallest absolute Gasteiger partial charge is 0.183 e. The summed E-state index contributed by atoms with van der Waals surface area (Å²) in [5.74, 6) is -0.220. The molecule has 1 N–H and O–H groups in total. The highest BCUT2D eigenvalue weighted by atomic mass is 32.1. The number of methoxy groups -OCH3 is 1. The number of piperidine rings is 1. The number of thiazole rings is 1. The Morgan fingerprint density at radius 3 is 2.74 bits per heavy atom. The van der Waals surface area contributed by atoms with E-state index in [9.17, 15) is 4.39 Å². The Morgan fingerprint density at radius 1 is 1.30 bits per heavy atom. The second-order valence-corrected chi connectivity index (χ2v) is 6.66. The number of rotatable bonds is 6. The van der Waals surface area contributed by atoms with E-state index in [1.165, 1.54) is 12.1 Å². The standard InChI is InChI=1S/C17H22FN3OS/c1-22-11-10-21-8-6-15(7-9-21)19-17-20-16(12-23-17)13-2-4-14(18)5-3-13/h2-5,12,15H,6-11H2,1H3,(H,19,20). The summed E-state index contributed by atoms with van der Waals surface area (Å²) in [6.45, 7) is 4.00. The second kappa shape index (κ2) is 7.86. The van der Waals surface area contributed by atoms with Gasteiger partial charge in [0.1, 0.15) is 5.82 Å². The van der Waals surface area contributed by atoms with E-state index in [0.717, 1.165) is 55.5 Å². The van der Waals surface area contributed by atoms with Crippen LogP contribution in [0.25, 0.3) is 11.3 Å². The molecule has 3 rings (SSSR count). The molecule has 124 valence electrons. The maximum Gasteiger partial charge on any atom is 0.183 e. The Morgan fingerprint density at radius 2 is 2.04 bits per heavy atom. The Hall–Kier alpha value is -1.50. The zero-order chi connectivity index (χ0) is 16.1. The first-order valence-electron chi connectivity index (χ1n) is 7.94. The molecular formula is C17H22FN3OS. The lowest BCUT2D eigenvalue weighted by Gasteiger charge is -2.32. The molecule has 0 unspecified atom stereocenters. The number of benzene rings is 1. The van der Waals surface area contributed by atoms with Crippen LogP contribution in [-0.2, 0) is 4.74 Å². The van der Waals surface area contributed by atoms with Gasteiger partial charge in [-0.1, -0.05) is 0 Å². The highest BCUT2D eigenvalue weighted by Crippen LogP contribution is 2.26. The summed E-state index contributed by atoms with van der Waals surface area (Å²) >= 11 is 1.61. The molecule has 0 amide bonds. The second-order valence-electron chi connectivity index (χ2n) is 5.80. The number of hydrogen-bond donors (Lipinski definition) is 1. The monoisotopic (exact) mass is 335 g/mol. The lowest BCUT2D eigenvalue weighted by molar-refractivity contribution is 0.132. The van der Waals surface area contributed by atoms with Crippen molar-refractivity contribution in [2.45, 2.75) is 18.9 Å². The molecule has 0 spiro atoms. The van der Waals surface area contributed by atoms with E-state index < -0.39 is 0 Å². The third kappa shape index (κ3) is 4.50. The SMILES string of the molecule is COCCN1CCC(Nc2nc(-c3ccc(F)cc3)cs2)CC1. The summed E-state index contributed by atoms with van der Waals surface area (Å²) in [5, 5.41) is 6.50. The van der Waals surface area contributed by atoms with Crippen molar-refractivity contribution in [1.82, 2.24) is 9.88 Å². The highest BCUT2D eigenvalue weighted by molar-refractivity contribution is 7.14. The minimum Gasteiger partial charge on any atom is -0.383 e. The zero-order valence-electron chi connectivity index (χ0n) is 13.3. The van der Waals surface area contributed by atoms with E-state index in [4.69, 9.17) is 4.74 Å². The molecule has 1 aromatic heterocycles. The van der Waals surface area contributed by atoms with E-state index in [-0.39, 0.29) is 5.82 Å². The van der Waals surface area contributed by atoms with Crippen LogP contribution in [0.1, 0.15) is 12.8 Å². The molecule has 1 fully saturated rings. The van der Waals surface area contributed by atoms with Gasteiger partial charge in [-0.25, -0.2) is 9.37 Å². The average molecular weight is 335 g/mol. The Labute approximate surface area is 140 Å². The molecule has 1 aliphatic heterocycles. The summed E-state index contributed by atoms with van der Waals surface area (Å²) in [6, 6.07) is 6.95. The van der Waals surface area contributed by atoms with Gasteiger partial charge in [-0.05, 0) is 37.1 Å². The first kappa shape index (κ1) is 16.4. The summed E-state index contributed by atoms with van der Waals surface area (Å²) in [5.41, 5.74) is 1.85. The molecule has 23 heavy (non-hydrogen) atoms. The summed E-state index contributed by atoms with van der Waals surface area (Å²) < 4.78 is 18.1. The predicted molar refractivity (Wildman–Crippen MR) is 92.5 cm³/mol. The lowest BCUT2D eigenvalue weighted by Crippen LogP contribution is -2.40. The maximum absolute atomic E-state index is 13.0. The molecule has 1 aliphatic rings. The van der Waals surface area contributed by atoms with Crippen LogP contribution >= 0.6 is 11.3 Å². The van der Waals surface area contributed by atoms with Crippen LogP contribution in [0.2, 0.25) is 0 Å². The van der Waals surface area contributed by atoms with Gasteiger partial charge in [0.2, 0.25) is 0 Å². The van der Waals surface area contributed by atoms with E-state index in [1.807, 2.05) is 5.38 Å². The fraction of sp³-hybridized carbons (Fsp3) is 0.471. The topological polar surface area (TPSA) is 37.4 Å². The number of ether oxygens (including phenoxy) is 1. The van der Waals surface area contributed by atoms with Gasteiger partial charge in [0.25, 0.3) is 0 Å². The van der Waals surface area contributed by atoms with Crippen molar-refractivity contribution in [3.8, 4) is 11.3 Å². The third-order valence-electron chi connectivity index (χ3n) is 4.17. The summed E-state index contributed by atoms with van der Waals surface area (Å²) in [7, 11) is 1.75. The van der Waals surface area contributed by atoms with Gasteiger partial charge in [0.15, 0.2) is 5.13 Å². The number of nitrogens with zero attached hydrogens (tertiary/aromatic N) is 2. The van der Waals surface area contributed by atoms with Gasteiger partial charge in [0, 0.05) is 43.7 Å². The molecular weight excluding hydrogens is 313 g/mol. The van der Waals surface area contributed by atoms with Crippen molar-refractivity contribution in [2.75, 3.05) is 38.7 Å². The minimum atomic E-state index is -0.220. The van der Waals surface area contributed by atoms with Crippen LogP contribution in [0, 0.1) is 5.82 Å². The largest absolute Gasteiger partial charge is 0.383 e. The molecule has 0 atom stereocenters. The van der Waals surface area contributed by atoms with E-state index in [0.29, 0.717) is 6.04 Å². The number of aromatic nitrogens is 1. The van der Waals surface area contributed by atoms with Crippen LogP contribution in [0.5, 0.6) is 0 Å². The van der Waals surface area contributed by atoms with Crippen LogP contribution in [-0.4, -0.2) is 49.3 Å². The van der Waals surface area contributed by atoms with Crippen molar-refractivity contribution in [3.05, 3.63) is 35.5 Å². The molecule has 0 radical (unpaired) electrons. The number of anilines is 1. The molecule has 0 saturated carbocycles. The van der Waals surface area contributed by atoms with Crippen LogP contribution in [0.3, 0.4) is 0 Å². The van der Waals surface area contributed by atoms with Crippen LogP contribution < -0.4 is 5.32 Å². The van der Waals surface area contributed by atoms with E-state index in [2.05, 4.69) is 15.2 Å². The number of nitrogens with one attached hydrogen (secondary N) is 1. The van der Waals surface area contributed by atoms with Crippen molar-refractivity contribution in [2.24, 2.45) is 0 Å². The van der Waals surface area contributed by atoms with Crippen LogP contribution in [0.15, 0.2) is 29.6 Å². The molecule has 6 heteroatoms. The van der Waals surface area contributed by atoms with E-state index in [1.54, 1.807) is 30.6 Å². The third-order valence-corrected chi connectivity index (χ3v) is 4.94. The minimum absolute atomic E-state index is 0.220. The van der Waals surface area contributed by atoms with Gasteiger partial charge in [0.05, 0.1) is 12.3 Å². The molecule has 1 saturated heterocycles. The predicted octanol–water partition coefficient (Wildman–Crippen LogP) is 3.47. The zero-order valence-corrected chi connectivity index (χ0v) is 14.1. The van der Waals surface area contributed by atoms with Crippen molar-refractivity contribution < 1.29 is 9.13 Å². The van der Waals surface area contributed by atoms with Crippen LogP contribution in [0.4, 0.5) is 9.52 Å². The van der Waals surface area contributed by atoms with Gasteiger partial charge in [-0.2, -0.15) is 0 Å². The quantitative estimate of drug-likeness (QED) is 0.877.